The van der Waals surface area contributed by atoms with Gasteiger partial charge in [-0.1, -0.05) is 0 Å². The van der Waals surface area contributed by atoms with Crippen LogP contribution in [0.1, 0.15) is 29.1 Å². The number of guanidine groups is 1. The third-order valence-electron chi connectivity index (χ3n) is 4.57. The Morgan fingerprint density at radius 2 is 2.04 bits per heavy atom. The van der Waals surface area contributed by atoms with Crippen molar-refractivity contribution < 1.29 is 13.2 Å². The van der Waals surface area contributed by atoms with Crippen molar-refractivity contribution in [2.24, 2.45) is 4.99 Å². The van der Waals surface area contributed by atoms with Gasteiger partial charge in [-0.2, -0.15) is 0 Å². The maximum absolute atomic E-state index is 11.4. The lowest BCUT2D eigenvalue weighted by Crippen LogP contribution is -2.48. The number of rotatable bonds is 8. The van der Waals surface area contributed by atoms with Crippen LogP contribution in [0.15, 0.2) is 17.1 Å². The zero-order chi connectivity index (χ0) is 19.9. The number of halogens is 1. The third kappa shape index (κ3) is 8.93. The second-order valence-electron chi connectivity index (χ2n) is 7.03. The number of aryl methyl sites for hydroxylation is 1. The molecule has 1 aliphatic heterocycles. The molecule has 0 spiro atoms. The second kappa shape index (κ2) is 12.3. The summed E-state index contributed by atoms with van der Waals surface area (Å²) < 4.78 is 28.2. The number of aliphatic imine (C=N–C) groups is 1. The van der Waals surface area contributed by atoms with E-state index in [1.807, 2.05) is 18.3 Å². The van der Waals surface area contributed by atoms with E-state index in [9.17, 15) is 8.42 Å². The fraction of sp³-hybridized carbons (Fsp3) is 0.722. The second-order valence-corrected chi connectivity index (χ2v) is 10.6. The summed E-state index contributed by atoms with van der Waals surface area (Å²) in [6.45, 7) is 8.19. The number of thiophene rings is 1. The molecule has 7 nitrogen and oxygen atoms in total. The Morgan fingerprint density at radius 3 is 2.57 bits per heavy atom. The largest absolute Gasteiger partial charge is 0.379 e. The molecular formula is C18H33IN4O3S2. The summed E-state index contributed by atoms with van der Waals surface area (Å²) in [6.07, 6.45) is 1.82. The highest BCUT2D eigenvalue weighted by atomic mass is 127. The van der Waals surface area contributed by atoms with Crippen LogP contribution in [0.2, 0.25) is 0 Å². The van der Waals surface area contributed by atoms with Crippen LogP contribution in [0.5, 0.6) is 0 Å². The summed E-state index contributed by atoms with van der Waals surface area (Å²) >= 11 is 1.82. The van der Waals surface area contributed by atoms with E-state index in [4.69, 9.17) is 4.74 Å². The van der Waals surface area contributed by atoms with E-state index in [1.54, 1.807) is 7.05 Å². The zero-order valence-corrected chi connectivity index (χ0v) is 21.1. The summed E-state index contributed by atoms with van der Waals surface area (Å²) in [6, 6.07) is 4.65. The Hall–Kier alpha value is -0.430. The number of hydrogen-bond acceptors (Lipinski definition) is 6. The van der Waals surface area contributed by atoms with Gasteiger partial charge in [-0.15, -0.1) is 35.3 Å². The predicted molar refractivity (Wildman–Crippen MR) is 128 cm³/mol. The lowest BCUT2D eigenvalue weighted by molar-refractivity contribution is 0.0177. The van der Waals surface area contributed by atoms with Crippen LogP contribution in [0.3, 0.4) is 0 Å². The van der Waals surface area contributed by atoms with Gasteiger partial charge >= 0.3 is 0 Å². The molecule has 1 fully saturated rings. The molecule has 1 aliphatic rings. The molecule has 0 aromatic carbocycles. The minimum absolute atomic E-state index is 0. The molecule has 28 heavy (non-hydrogen) atoms. The average Bonchev–Trinajstić information content (AvgIpc) is 3.05. The molecule has 0 aliphatic carbocycles. The topological polar surface area (TPSA) is 83.0 Å². The van der Waals surface area contributed by atoms with Crippen LogP contribution < -0.4 is 10.6 Å². The van der Waals surface area contributed by atoms with Crippen LogP contribution >= 0.6 is 35.3 Å². The summed E-state index contributed by atoms with van der Waals surface area (Å²) in [5.41, 5.74) is 0. The van der Waals surface area contributed by atoms with Gasteiger partial charge in [-0.3, -0.25) is 9.89 Å². The van der Waals surface area contributed by atoms with Crippen molar-refractivity contribution in [3.8, 4) is 0 Å². The van der Waals surface area contributed by atoms with Crippen molar-refractivity contribution in [3.63, 3.8) is 0 Å². The van der Waals surface area contributed by atoms with Crippen molar-refractivity contribution in [2.75, 3.05) is 51.9 Å². The molecule has 1 aromatic rings. The predicted octanol–water partition coefficient (Wildman–Crippen LogP) is 2.04. The highest BCUT2D eigenvalue weighted by Crippen LogP contribution is 2.27. The van der Waals surface area contributed by atoms with Gasteiger partial charge in [-0.05, 0) is 32.4 Å². The number of sulfone groups is 1. The van der Waals surface area contributed by atoms with Gasteiger partial charge in [0.25, 0.3) is 0 Å². The first-order valence-corrected chi connectivity index (χ1v) is 12.2. The van der Waals surface area contributed by atoms with Gasteiger partial charge in [-0.25, -0.2) is 8.42 Å². The average molecular weight is 545 g/mol. The molecule has 2 rings (SSSR count). The van der Waals surface area contributed by atoms with Gasteiger partial charge in [0.15, 0.2) is 5.96 Å². The fourth-order valence-electron chi connectivity index (χ4n) is 3.02. The fourth-order valence-corrected chi connectivity index (χ4v) is 4.81. The number of morpholine rings is 1. The van der Waals surface area contributed by atoms with E-state index in [0.29, 0.717) is 12.4 Å². The molecule has 1 saturated heterocycles. The first kappa shape index (κ1) is 25.6. The highest BCUT2D eigenvalue weighted by molar-refractivity contribution is 14.0. The van der Waals surface area contributed by atoms with Crippen LogP contribution in [-0.2, 0) is 14.6 Å². The standard InChI is InChI=1S/C18H32N4O3S2.HI/c1-14(7-12-27(4,23)24)21-18(19-3)20-13-16(17-6-5-15(2)26-17)22-8-10-25-11-9-22;/h5-6,14,16H,7-13H2,1-4H3,(H2,19,20,21);1H. The first-order chi connectivity index (χ1) is 12.8. The van der Waals surface area contributed by atoms with E-state index in [0.717, 1.165) is 32.8 Å². The van der Waals surface area contributed by atoms with Crippen LogP contribution in [-0.4, -0.2) is 77.2 Å². The van der Waals surface area contributed by atoms with E-state index in [-0.39, 0.29) is 41.8 Å². The van der Waals surface area contributed by atoms with E-state index in [1.165, 1.54) is 16.0 Å². The molecule has 2 atom stereocenters. The van der Waals surface area contributed by atoms with Crippen molar-refractivity contribution in [1.29, 1.82) is 0 Å². The quantitative estimate of drug-likeness (QED) is 0.296. The number of hydrogen-bond donors (Lipinski definition) is 2. The molecule has 0 radical (unpaired) electrons. The summed E-state index contributed by atoms with van der Waals surface area (Å²) in [4.78, 5) is 9.38. The van der Waals surface area contributed by atoms with Crippen LogP contribution in [0.25, 0.3) is 0 Å². The van der Waals surface area contributed by atoms with Crippen LogP contribution in [0, 0.1) is 6.92 Å². The van der Waals surface area contributed by atoms with Crippen LogP contribution in [0.4, 0.5) is 0 Å². The molecule has 1 aromatic heterocycles. The molecule has 10 heteroatoms. The van der Waals surface area contributed by atoms with Gasteiger partial charge < -0.3 is 15.4 Å². The highest BCUT2D eigenvalue weighted by Gasteiger charge is 2.24. The zero-order valence-electron chi connectivity index (χ0n) is 17.1. The monoisotopic (exact) mass is 544 g/mol. The molecule has 2 heterocycles. The smallest absolute Gasteiger partial charge is 0.191 e. The maximum Gasteiger partial charge on any atom is 0.191 e. The molecule has 0 saturated carbocycles. The van der Waals surface area contributed by atoms with Gasteiger partial charge in [0.05, 0.1) is 25.0 Å². The van der Waals surface area contributed by atoms with Gasteiger partial charge in [0.1, 0.15) is 9.84 Å². The van der Waals surface area contributed by atoms with Crippen molar-refractivity contribution in [3.05, 3.63) is 21.9 Å². The number of nitrogens with zero attached hydrogens (tertiary/aromatic N) is 2. The van der Waals surface area contributed by atoms with Crippen molar-refractivity contribution in [1.82, 2.24) is 15.5 Å². The lowest BCUT2D eigenvalue weighted by atomic mass is 10.2. The Labute approximate surface area is 190 Å². The Balaban J connectivity index is 0.00000392. The van der Waals surface area contributed by atoms with Crippen molar-refractivity contribution in [2.45, 2.75) is 32.4 Å². The van der Waals surface area contributed by atoms with Gasteiger partial charge in [0.2, 0.25) is 0 Å². The third-order valence-corrected chi connectivity index (χ3v) is 6.65. The first-order valence-electron chi connectivity index (χ1n) is 9.31. The molecule has 162 valence electrons. The molecular weight excluding hydrogens is 511 g/mol. The molecule has 2 unspecified atom stereocenters. The normalized spacial score (nSPS) is 18.2. The summed E-state index contributed by atoms with van der Waals surface area (Å²) in [5.74, 6) is 0.866. The Morgan fingerprint density at radius 1 is 1.36 bits per heavy atom. The number of nitrogens with one attached hydrogen (secondary N) is 2. The van der Waals surface area contributed by atoms with E-state index >= 15 is 0 Å². The van der Waals surface area contributed by atoms with Gasteiger partial charge in [0, 0.05) is 48.7 Å². The SMILES string of the molecule is CN=C(NCC(c1ccc(C)s1)N1CCOCC1)NC(C)CCS(C)(=O)=O.I. The molecule has 2 N–H and O–H groups in total. The molecule has 0 bridgehead atoms. The van der Waals surface area contributed by atoms with E-state index in [2.05, 4.69) is 39.6 Å². The summed E-state index contributed by atoms with van der Waals surface area (Å²) in [5, 5.41) is 6.71. The van der Waals surface area contributed by atoms with E-state index < -0.39 is 9.84 Å². The lowest BCUT2D eigenvalue weighted by Gasteiger charge is -2.34. The maximum atomic E-state index is 11.4. The minimum Gasteiger partial charge on any atom is -0.379 e. The Bertz CT molecular complexity index is 718. The summed E-state index contributed by atoms with van der Waals surface area (Å²) in [7, 11) is -1.22. The minimum atomic E-state index is -2.95. The Kier molecular flexibility index (Phi) is 11.3. The number of ether oxygens (including phenoxy) is 1. The van der Waals surface area contributed by atoms with Crippen molar-refractivity contribution >= 4 is 51.1 Å². The molecule has 0 amide bonds.